The Morgan fingerprint density at radius 3 is 2.35 bits per heavy atom. The smallest absolute Gasteiger partial charge is 0.376 e. The first-order valence-corrected chi connectivity index (χ1v) is 6.91. The highest BCUT2D eigenvalue weighted by Crippen LogP contribution is 2.39. The van der Waals surface area contributed by atoms with Crippen LogP contribution in [0.3, 0.4) is 0 Å². The predicted octanol–water partition coefficient (Wildman–Crippen LogP) is 1.83. The Kier molecular flexibility index (Phi) is 6.26. The number of hydrogen-bond acceptors (Lipinski definition) is 3. The highest BCUT2D eigenvalue weighted by Gasteiger charge is 2.41. The van der Waals surface area contributed by atoms with Crippen LogP contribution in [-0.2, 0) is 9.53 Å². The molecule has 7 heteroatoms. The lowest BCUT2D eigenvalue weighted by atomic mass is 9.82. The van der Waals surface area contributed by atoms with Gasteiger partial charge in [-0.25, -0.2) is 0 Å². The third kappa shape index (κ3) is 4.94. The summed E-state index contributed by atoms with van der Waals surface area (Å²) >= 11 is 0. The zero-order chi connectivity index (χ0) is 15.3. The Bertz CT molecular complexity index is 315. The van der Waals surface area contributed by atoms with Gasteiger partial charge in [-0.1, -0.05) is 0 Å². The molecule has 1 saturated carbocycles. The van der Waals surface area contributed by atoms with Crippen LogP contribution in [0.25, 0.3) is 0 Å². The zero-order valence-corrected chi connectivity index (χ0v) is 11.9. The first-order valence-electron chi connectivity index (χ1n) is 6.91. The number of carbonyl (C=O) groups is 1. The molecule has 20 heavy (non-hydrogen) atoms. The monoisotopic (exact) mass is 296 g/mol. The Morgan fingerprint density at radius 2 is 1.90 bits per heavy atom. The van der Waals surface area contributed by atoms with Crippen LogP contribution in [0.5, 0.6) is 0 Å². The number of alkyl halides is 3. The predicted molar refractivity (Wildman–Crippen MR) is 69.0 cm³/mol. The topological polar surface area (TPSA) is 64.4 Å². The molecule has 0 aromatic rings. The van der Waals surface area contributed by atoms with Gasteiger partial charge in [-0.2, -0.15) is 13.2 Å². The van der Waals surface area contributed by atoms with Crippen molar-refractivity contribution in [3.05, 3.63) is 0 Å². The fourth-order valence-corrected chi connectivity index (χ4v) is 2.43. The molecule has 2 atom stereocenters. The van der Waals surface area contributed by atoms with E-state index in [1.54, 1.807) is 6.92 Å². The van der Waals surface area contributed by atoms with Gasteiger partial charge in [0.15, 0.2) is 0 Å². The van der Waals surface area contributed by atoms with Crippen LogP contribution in [-0.4, -0.2) is 37.9 Å². The van der Waals surface area contributed by atoms with Crippen molar-refractivity contribution in [2.75, 3.05) is 13.7 Å². The molecular formula is C13H23F3N2O2. The van der Waals surface area contributed by atoms with Crippen molar-refractivity contribution < 1.29 is 22.7 Å². The van der Waals surface area contributed by atoms with E-state index in [-0.39, 0.29) is 24.7 Å². The maximum atomic E-state index is 12.5. The molecule has 1 amide bonds. The molecule has 1 rings (SSSR count). The lowest BCUT2D eigenvalue weighted by Gasteiger charge is -2.30. The fraction of sp³-hybridized carbons (Fsp3) is 0.923. The van der Waals surface area contributed by atoms with Crippen molar-refractivity contribution in [2.24, 2.45) is 17.6 Å². The van der Waals surface area contributed by atoms with Crippen LogP contribution in [0.1, 0.15) is 32.6 Å². The maximum Gasteiger partial charge on any atom is 0.391 e. The summed E-state index contributed by atoms with van der Waals surface area (Å²) < 4.78 is 43.1. The minimum atomic E-state index is -4.08. The molecule has 0 aromatic carbocycles. The van der Waals surface area contributed by atoms with E-state index >= 15 is 0 Å². The lowest BCUT2D eigenvalue weighted by Crippen LogP contribution is -2.47. The number of carbonyl (C=O) groups excluding carboxylic acids is 1. The van der Waals surface area contributed by atoms with Crippen LogP contribution < -0.4 is 11.1 Å². The van der Waals surface area contributed by atoms with Crippen molar-refractivity contribution in [2.45, 2.75) is 50.9 Å². The molecule has 0 bridgehead atoms. The minimum Gasteiger partial charge on any atom is -0.376 e. The number of likely N-dealkylation sites (N-methyl/N-ethyl adjacent to an activating group) is 1. The van der Waals surface area contributed by atoms with Gasteiger partial charge in [-0.05, 0) is 38.5 Å². The van der Waals surface area contributed by atoms with E-state index in [1.807, 2.05) is 0 Å². The minimum absolute atomic E-state index is 0.118. The average Bonchev–Trinajstić information content (AvgIpc) is 2.42. The summed E-state index contributed by atoms with van der Waals surface area (Å²) in [5.41, 5.74) is 5.68. The van der Waals surface area contributed by atoms with Crippen LogP contribution >= 0.6 is 0 Å². The fourth-order valence-electron chi connectivity index (χ4n) is 2.43. The first kappa shape index (κ1) is 17.2. The van der Waals surface area contributed by atoms with Gasteiger partial charge in [0.2, 0.25) is 5.91 Å². The van der Waals surface area contributed by atoms with Crippen molar-refractivity contribution in [1.29, 1.82) is 0 Å². The number of halogens is 3. The molecule has 1 aliphatic rings. The van der Waals surface area contributed by atoms with Gasteiger partial charge in [0.05, 0.1) is 12.0 Å². The molecular weight excluding hydrogens is 273 g/mol. The number of ether oxygens (including phenoxy) is 1. The van der Waals surface area contributed by atoms with Gasteiger partial charge < -0.3 is 15.8 Å². The Balaban J connectivity index is 2.29. The third-order valence-electron chi connectivity index (χ3n) is 3.96. The van der Waals surface area contributed by atoms with Gasteiger partial charge >= 0.3 is 6.18 Å². The molecule has 0 saturated heterocycles. The van der Waals surface area contributed by atoms with Gasteiger partial charge in [0.25, 0.3) is 0 Å². The van der Waals surface area contributed by atoms with E-state index in [2.05, 4.69) is 5.32 Å². The number of amides is 1. The number of rotatable bonds is 5. The molecule has 1 aliphatic carbocycles. The molecule has 0 radical (unpaired) electrons. The van der Waals surface area contributed by atoms with E-state index in [1.165, 1.54) is 7.05 Å². The van der Waals surface area contributed by atoms with Gasteiger partial charge in [0.1, 0.15) is 6.04 Å². The van der Waals surface area contributed by atoms with Crippen molar-refractivity contribution in [3.8, 4) is 0 Å². The molecule has 118 valence electrons. The second-order valence-corrected chi connectivity index (χ2v) is 5.44. The van der Waals surface area contributed by atoms with Crippen LogP contribution in [0.15, 0.2) is 0 Å². The van der Waals surface area contributed by atoms with Gasteiger partial charge in [-0.15, -0.1) is 0 Å². The molecule has 0 aliphatic heterocycles. The van der Waals surface area contributed by atoms with Crippen LogP contribution in [0.2, 0.25) is 0 Å². The quantitative estimate of drug-likeness (QED) is 0.813. The second-order valence-electron chi connectivity index (χ2n) is 5.44. The number of nitrogens with two attached hydrogens (primary N) is 1. The average molecular weight is 296 g/mol. The Labute approximate surface area is 117 Å². The Hall–Kier alpha value is -0.820. The third-order valence-corrected chi connectivity index (χ3v) is 3.96. The molecule has 0 spiro atoms. The van der Waals surface area contributed by atoms with Crippen LogP contribution in [0, 0.1) is 11.8 Å². The highest BCUT2D eigenvalue weighted by molar-refractivity contribution is 5.81. The molecule has 1 fully saturated rings. The van der Waals surface area contributed by atoms with E-state index < -0.39 is 24.2 Å². The normalized spacial score (nSPS) is 26.9. The van der Waals surface area contributed by atoms with Gasteiger partial charge in [-0.3, -0.25) is 4.79 Å². The van der Waals surface area contributed by atoms with Crippen molar-refractivity contribution >= 4 is 5.91 Å². The Morgan fingerprint density at radius 1 is 1.35 bits per heavy atom. The molecule has 3 N–H and O–H groups in total. The van der Waals surface area contributed by atoms with Crippen LogP contribution in [0.4, 0.5) is 13.2 Å². The number of hydrogen-bond donors (Lipinski definition) is 2. The number of nitrogens with one attached hydrogen (secondary N) is 1. The lowest BCUT2D eigenvalue weighted by molar-refractivity contribution is -0.185. The molecule has 0 aromatic heterocycles. The van der Waals surface area contributed by atoms with Crippen molar-refractivity contribution in [1.82, 2.24) is 5.32 Å². The zero-order valence-electron chi connectivity index (χ0n) is 11.9. The summed E-state index contributed by atoms with van der Waals surface area (Å²) in [6.07, 6.45) is -3.20. The summed E-state index contributed by atoms with van der Waals surface area (Å²) in [6, 6.07) is -0.758. The highest BCUT2D eigenvalue weighted by atomic mass is 19.4. The molecule has 0 heterocycles. The summed E-state index contributed by atoms with van der Waals surface area (Å²) in [7, 11) is 1.49. The molecule has 4 nitrogen and oxygen atoms in total. The SMILES string of the molecule is CNC(=O)[C@@H](N)[C@@H](C)OCC1CCC(C(F)(F)F)CC1. The van der Waals surface area contributed by atoms with Gasteiger partial charge in [0, 0.05) is 13.7 Å². The summed E-state index contributed by atoms with van der Waals surface area (Å²) in [5, 5.41) is 2.44. The first-order chi connectivity index (χ1) is 9.25. The van der Waals surface area contributed by atoms with E-state index in [4.69, 9.17) is 10.5 Å². The summed E-state index contributed by atoms with van der Waals surface area (Å²) in [6.45, 7) is 2.05. The second kappa shape index (κ2) is 7.26. The maximum absolute atomic E-state index is 12.5. The van der Waals surface area contributed by atoms with Crippen molar-refractivity contribution in [3.63, 3.8) is 0 Å². The van der Waals surface area contributed by atoms with E-state index in [0.29, 0.717) is 19.4 Å². The standard InChI is InChI=1S/C13H23F3N2O2/c1-8(11(17)12(19)18-2)20-7-9-3-5-10(6-4-9)13(14,15)16/h8-11H,3-7,17H2,1-2H3,(H,18,19)/t8-,9?,10?,11+/m1/s1. The van der Waals surface area contributed by atoms with E-state index in [0.717, 1.165) is 0 Å². The summed E-state index contributed by atoms with van der Waals surface area (Å²) in [5.74, 6) is -1.37. The molecule has 0 unspecified atom stereocenters. The largest absolute Gasteiger partial charge is 0.391 e. The summed E-state index contributed by atoms with van der Waals surface area (Å²) in [4.78, 5) is 11.3. The van der Waals surface area contributed by atoms with E-state index in [9.17, 15) is 18.0 Å².